The molecule has 0 saturated carbocycles. The summed E-state index contributed by atoms with van der Waals surface area (Å²) >= 11 is 1.42. The summed E-state index contributed by atoms with van der Waals surface area (Å²) in [4.78, 5) is 33.6. The van der Waals surface area contributed by atoms with Crippen LogP contribution in [0.2, 0.25) is 0 Å². The van der Waals surface area contributed by atoms with Gasteiger partial charge < -0.3 is 4.74 Å². The van der Waals surface area contributed by atoms with Crippen molar-refractivity contribution in [2.24, 2.45) is 0 Å². The summed E-state index contributed by atoms with van der Waals surface area (Å²) in [6.07, 6.45) is 3.13. The average molecular weight is 528 g/mol. The van der Waals surface area contributed by atoms with Gasteiger partial charge in [0.05, 0.1) is 4.88 Å². The summed E-state index contributed by atoms with van der Waals surface area (Å²) in [7, 11) is 0. The number of thiazole rings is 1. The molecule has 0 aliphatic rings. The van der Waals surface area contributed by atoms with E-state index in [1.165, 1.54) is 11.3 Å². The van der Waals surface area contributed by atoms with Gasteiger partial charge >= 0.3 is 6.09 Å². The second-order valence-corrected chi connectivity index (χ2v) is 11.0. The molecule has 7 heteroatoms. The summed E-state index contributed by atoms with van der Waals surface area (Å²) in [5.74, 6) is -0.262. The van der Waals surface area contributed by atoms with E-state index in [-0.39, 0.29) is 5.91 Å². The van der Waals surface area contributed by atoms with E-state index < -0.39 is 11.7 Å². The Morgan fingerprint density at radius 2 is 1.61 bits per heavy atom. The second-order valence-electron chi connectivity index (χ2n) is 9.93. The van der Waals surface area contributed by atoms with Crippen molar-refractivity contribution in [2.75, 3.05) is 16.8 Å². The number of benzene rings is 3. The molecule has 38 heavy (non-hydrogen) atoms. The van der Waals surface area contributed by atoms with Gasteiger partial charge in [0.25, 0.3) is 5.91 Å². The molecule has 0 atom stereocenters. The third-order valence-corrected chi connectivity index (χ3v) is 6.74. The predicted octanol–water partition coefficient (Wildman–Crippen LogP) is 8.27. The molecule has 0 bridgehead atoms. The van der Waals surface area contributed by atoms with Gasteiger partial charge in [-0.15, -0.1) is 0 Å². The summed E-state index contributed by atoms with van der Waals surface area (Å²) < 4.78 is 5.69. The predicted molar refractivity (Wildman–Crippen MR) is 156 cm³/mol. The van der Waals surface area contributed by atoms with Crippen LogP contribution in [-0.2, 0) is 4.74 Å². The fourth-order valence-electron chi connectivity index (χ4n) is 3.95. The first-order chi connectivity index (χ1) is 18.2. The molecule has 4 aromatic rings. The number of amides is 2. The number of carbonyl (C=O) groups is 2. The lowest BCUT2D eigenvalue weighted by Crippen LogP contribution is -2.37. The minimum Gasteiger partial charge on any atom is -0.443 e. The average Bonchev–Trinajstić information content (AvgIpc) is 3.37. The van der Waals surface area contributed by atoms with Crippen LogP contribution < -0.4 is 10.2 Å². The highest BCUT2D eigenvalue weighted by Crippen LogP contribution is 2.32. The molecular formula is C31H33N3O3S. The van der Waals surface area contributed by atoms with Crippen molar-refractivity contribution < 1.29 is 14.3 Å². The standard InChI is InChI=1S/C31H33N3O3S/c1-5-6-19-34(30(36)37-31(2,3)4)24-17-18-25(26(20-24)22-13-9-7-10-14-22)28(35)33-29-32-21-27(38-29)23-15-11-8-12-16-23/h7-18,20-21H,5-6,19H2,1-4H3,(H,32,33,35). The molecule has 0 radical (unpaired) electrons. The van der Waals surface area contributed by atoms with Crippen LogP contribution >= 0.6 is 11.3 Å². The lowest BCUT2D eigenvalue weighted by Gasteiger charge is -2.28. The molecule has 196 valence electrons. The number of hydrogen-bond acceptors (Lipinski definition) is 5. The van der Waals surface area contributed by atoms with E-state index in [9.17, 15) is 9.59 Å². The number of rotatable bonds is 8. The van der Waals surface area contributed by atoms with Crippen LogP contribution in [0.5, 0.6) is 0 Å². The molecule has 1 aromatic heterocycles. The Morgan fingerprint density at radius 3 is 2.24 bits per heavy atom. The SMILES string of the molecule is CCCCN(C(=O)OC(C)(C)C)c1ccc(C(=O)Nc2ncc(-c3ccccc3)s2)c(-c2ccccc2)c1. The van der Waals surface area contributed by atoms with Crippen molar-refractivity contribution in [1.29, 1.82) is 0 Å². The molecular weight excluding hydrogens is 494 g/mol. The number of unbranched alkanes of at least 4 members (excludes halogenated alkanes) is 1. The Balaban J connectivity index is 1.67. The summed E-state index contributed by atoms with van der Waals surface area (Å²) in [5, 5.41) is 3.48. The Kier molecular flexibility index (Phi) is 8.59. The number of nitrogens with one attached hydrogen (secondary N) is 1. The van der Waals surface area contributed by atoms with E-state index in [0.717, 1.165) is 34.4 Å². The lowest BCUT2D eigenvalue weighted by molar-refractivity contribution is 0.0580. The van der Waals surface area contributed by atoms with Gasteiger partial charge in [0, 0.05) is 24.0 Å². The Hall–Kier alpha value is -3.97. The number of hydrogen-bond donors (Lipinski definition) is 1. The van der Waals surface area contributed by atoms with E-state index in [2.05, 4.69) is 17.2 Å². The minimum atomic E-state index is -0.615. The highest BCUT2D eigenvalue weighted by atomic mass is 32.1. The quantitative estimate of drug-likeness (QED) is 0.250. The maximum absolute atomic E-state index is 13.5. The van der Waals surface area contributed by atoms with Crippen LogP contribution in [0.15, 0.2) is 85.1 Å². The first-order valence-electron chi connectivity index (χ1n) is 12.8. The zero-order valence-electron chi connectivity index (χ0n) is 22.2. The third-order valence-electron chi connectivity index (χ3n) is 5.78. The largest absolute Gasteiger partial charge is 0.443 e. The molecule has 0 fully saturated rings. The van der Waals surface area contributed by atoms with Crippen molar-refractivity contribution in [3.63, 3.8) is 0 Å². The van der Waals surface area contributed by atoms with E-state index >= 15 is 0 Å². The van der Waals surface area contributed by atoms with Gasteiger partial charge in [-0.25, -0.2) is 9.78 Å². The van der Waals surface area contributed by atoms with Crippen LogP contribution in [-0.4, -0.2) is 29.1 Å². The van der Waals surface area contributed by atoms with Gasteiger partial charge in [0.15, 0.2) is 5.13 Å². The highest BCUT2D eigenvalue weighted by molar-refractivity contribution is 7.19. The molecule has 6 nitrogen and oxygen atoms in total. The minimum absolute atomic E-state index is 0.262. The second kappa shape index (κ2) is 12.0. The van der Waals surface area contributed by atoms with Gasteiger partial charge in [-0.1, -0.05) is 85.3 Å². The molecule has 0 aliphatic heterocycles. The topological polar surface area (TPSA) is 71.5 Å². The van der Waals surface area contributed by atoms with Crippen LogP contribution in [0.3, 0.4) is 0 Å². The first kappa shape index (κ1) is 27.1. The fraction of sp³-hybridized carbons (Fsp3) is 0.258. The zero-order valence-corrected chi connectivity index (χ0v) is 23.0. The molecule has 0 spiro atoms. The van der Waals surface area contributed by atoms with Gasteiger partial charge in [0.2, 0.25) is 0 Å². The van der Waals surface area contributed by atoms with Crippen molar-refractivity contribution in [1.82, 2.24) is 4.98 Å². The van der Waals surface area contributed by atoms with Gasteiger partial charge in [-0.2, -0.15) is 0 Å². The van der Waals surface area contributed by atoms with Crippen LogP contribution in [0.25, 0.3) is 21.6 Å². The summed E-state index contributed by atoms with van der Waals surface area (Å²) in [5.41, 5.74) is 3.22. The van der Waals surface area contributed by atoms with Crippen molar-refractivity contribution in [3.8, 4) is 21.6 Å². The fourth-order valence-corrected chi connectivity index (χ4v) is 4.76. The van der Waals surface area contributed by atoms with Gasteiger partial charge in [-0.05, 0) is 62.1 Å². The molecule has 0 saturated heterocycles. The third kappa shape index (κ3) is 6.86. The van der Waals surface area contributed by atoms with Gasteiger partial charge in [0.1, 0.15) is 5.60 Å². The Labute approximate surface area is 228 Å². The maximum atomic E-state index is 13.5. The highest BCUT2D eigenvalue weighted by Gasteiger charge is 2.25. The molecule has 1 N–H and O–H groups in total. The summed E-state index contributed by atoms with van der Waals surface area (Å²) in [6, 6.07) is 25.1. The monoisotopic (exact) mass is 527 g/mol. The van der Waals surface area contributed by atoms with Gasteiger partial charge in [-0.3, -0.25) is 15.0 Å². The summed E-state index contributed by atoms with van der Waals surface area (Å²) in [6.45, 7) is 8.17. The number of aromatic nitrogens is 1. The van der Waals surface area contributed by atoms with Crippen molar-refractivity contribution in [2.45, 2.75) is 46.1 Å². The molecule has 2 amide bonds. The van der Waals surface area contributed by atoms with Crippen LogP contribution in [0, 0.1) is 0 Å². The van der Waals surface area contributed by atoms with Crippen molar-refractivity contribution >= 4 is 34.2 Å². The first-order valence-corrected chi connectivity index (χ1v) is 13.6. The normalized spacial score (nSPS) is 11.2. The van der Waals surface area contributed by atoms with E-state index in [0.29, 0.717) is 22.9 Å². The molecule has 0 unspecified atom stereocenters. The zero-order chi connectivity index (χ0) is 27.1. The van der Waals surface area contributed by atoms with Crippen LogP contribution in [0.4, 0.5) is 15.6 Å². The number of ether oxygens (including phenoxy) is 1. The number of anilines is 2. The Morgan fingerprint density at radius 1 is 0.947 bits per heavy atom. The van der Waals surface area contributed by atoms with E-state index in [1.54, 1.807) is 23.2 Å². The molecule has 0 aliphatic carbocycles. The smallest absolute Gasteiger partial charge is 0.414 e. The lowest BCUT2D eigenvalue weighted by atomic mass is 9.98. The number of carbonyl (C=O) groups excluding carboxylic acids is 2. The van der Waals surface area contributed by atoms with E-state index in [4.69, 9.17) is 4.74 Å². The number of nitrogens with zero attached hydrogens (tertiary/aromatic N) is 2. The van der Waals surface area contributed by atoms with Crippen molar-refractivity contribution in [3.05, 3.63) is 90.6 Å². The molecule has 1 heterocycles. The molecule has 4 rings (SSSR count). The maximum Gasteiger partial charge on any atom is 0.414 e. The van der Waals surface area contributed by atoms with Crippen LogP contribution in [0.1, 0.15) is 50.9 Å². The Bertz CT molecular complexity index is 1380. The molecule has 3 aromatic carbocycles. The van der Waals surface area contributed by atoms with E-state index in [1.807, 2.05) is 87.5 Å².